The molecule has 1 N–H and O–H groups in total. The van der Waals surface area contributed by atoms with Crippen LogP contribution in [0.2, 0.25) is 5.02 Å². The highest BCUT2D eigenvalue weighted by Gasteiger charge is 2.17. The number of aryl methyl sites for hydroxylation is 1. The molecule has 0 aliphatic rings. The third-order valence-electron chi connectivity index (χ3n) is 3.91. The Morgan fingerprint density at radius 3 is 2.46 bits per heavy atom. The Bertz CT molecular complexity index is 895. The van der Waals surface area contributed by atoms with Gasteiger partial charge in [-0.3, -0.25) is 9.10 Å². The molecule has 2 aromatic carbocycles. The average Bonchev–Trinajstić information content (AvgIpc) is 2.50. The Hall–Kier alpha value is -2.05. The van der Waals surface area contributed by atoms with Crippen LogP contribution < -0.4 is 9.62 Å². The van der Waals surface area contributed by atoms with Crippen molar-refractivity contribution in [3.63, 3.8) is 0 Å². The maximum Gasteiger partial charge on any atom is 0.257 e. The third kappa shape index (κ3) is 3.88. The molecule has 0 atom stereocenters. The van der Waals surface area contributed by atoms with Crippen molar-refractivity contribution in [1.82, 2.24) is 0 Å². The van der Waals surface area contributed by atoms with Crippen LogP contribution in [0.1, 0.15) is 21.5 Å². The molecule has 2 aromatic rings. The van der Waals surface area contributed by atoms with Gasteiger partial charge in [0.2, 0.25) is 10.0 Å². The van der Waals surface area contributed by atoms with Crippen LogP contribution >= 0.6 is 11.6 Å². The second-order valence-corrected chi connectivity index (χ2v) is 8.02. The highest BCUT2D eigenvalue weighted by atomic mass is 35.5. The normalized spacial score (nSPS) is 11.2. The van der Waals surface area contributed by atoms with E-state index in [1.807, 2.05) is 26.0 Å². The fraction of sp³-hybridized carbons (Fsp3) is 0.235. The van der Waals surface area contributed by atoms with Gasteiger partial charge < -0.3 is 5.32 Å². The van der Waals surface area contributed by atoms with Gasteiger partial charge in [-0.1, -0.05) is 23.7 Å². The lowest BCUT2D eigenvalue weighted by molar-refractivity contribution is 0.102. The highest BCUT2D eigenvalue weighted by molar-refractivity contribution is 7.92. The zero-order valence-corrected chi connectivity index (χ0v) is 15.5. The van der Waals surface area contributed by atoms with Crippen molar-refractivity contribution in [2.24, 2.45) is 0 Å². The van der Waals surface area contributed by atoms with Gasteiger partial charge in [0.15, 0.2) is 0 Å². The van der Waals surface area contributed by atoms with Gasteiger partial charge in [0.25, 0.3) is 5.91 Å². The summed E-state index contributed by atoms with van der Waals surface area (Å²) in [5.74, 6) is -0.391. The van der Waals surface area contributed by atoms with E-state index in [1.54, 1.807) is 12.1 Å². The number of carbonyl (C=O) groups excluding carboxylic acids is 1. The summed E-state index contributed by atoms with van der Waals surface area (Å²) >= 11 is 6.12. The molecule has 24 heavy (non-hydrogen) atoms. The first-order valence-electron chi connectivity index (χ1n) is 7.22. The summed E-state index contributed by atoms with van der Waals surface area (Å²) in [5, 5.41) is 3.07. The standard InChI is InChI=1S/C17H19ClN2O3S/c1-11-6-5-7-16(12(11)2)19-17(21)14-10-13(8-9-15(14)18)20(3)24(4,22)23/h5-10H,1-4H3,(H,19,21). The average molecular weight is 367 g/mol. The van der Waals surface area contributed by atoms with Crippen LogP contribution in [0.3, 0.4) is 0 Å². The largest absolute Gasteiger partial charge is 0.322 e. The Kier molecular flexibility index (Phi) is 5.20. The molecule has 0 saturated heterocycles. The zero-order chi connectivity index (χ0) is 18.1. The molecule has 0 fully saturated rings. The van der Waals surface area contributed by atoms with Gasteiger partial charge in [-0.05, 0) is 49.2 Å². The quantitative estimate of drug-likeness (QED) is 0.898. The molecule has 0 aromatic heterocycles. The zero-order valence-electron chi connectivity index (χ0n) is 13.9. The first-order chi connectivity index (χ1) is 11.1. The van der Waals surface area contributed by atoms with Crippen molar-refractivity contribution in [2.45, 2.75) is 13.8 Å². The van der Waals surface area contributed by atoms with Crippen molar-refractivity contribution < 1.29 is 13.2 Å². The fourth-order valence-electron chi connectivity index (χ4n) is 2.15. The molecule has 0 radical (unpaired) electrons. The first kappa shape index (κ1) is 18.3. The lowest BCUT2D eigenvalue weighted by Crippen LogP contribution is -2.25. The Balaban J connectivity index is 2.37. The second-order valence-electron chi connectivity index (χ2n) is 5.60. The van der Waals surface area contributed by atoms with E-state index in [4.69, 9.17) is 11.6 Å². The molecule has 0 saturated carbocycles. The lowest BCUT2D eigenvalue weighted by atomic mass is 10.1. The molecule has 2 rings (SSSR count). The monoisotopic (exact) mass is 366 g/mol. The van der Waals surface area contributed by atoms with Crippen molar-refractivity contribution in [3.05, 3.63) is 58.1 Å². The number of amides is 1. The van der Waals surface area contributed by atoms with E-state index in [0.29, 0.717) is 11.4 Å². The van der Waals surface area contributed by atoms with Crippen LogP contribution in [-0.4, -0.2) is 27.6 Å². The van der Waals surface area contributed by atoms with Gasteiger partial charge in [0.1, 0.15) is 0 Å². The lowest BCUT2D eigenvalue weighted by Gasteiger charge is -2.18. The van der Waals surface area contributed by atoms with Crippen LogP contribution in [0.15, 0.2) is 36.4 Å². The SMILES string of the molecule is Cc1cccc(NC(=O)c2cc(N(C)S(C)(=O)=O)ccc2Cl)c1C. The van der Waals surface area contributed by atoms with E-state index in [-0.39, 0.29) is 10.6 Å². The Morgan fingerprint density at radius 2 is 1.83 bits per heavy atom. The van der Waals surface area contributed by atoms with E-state index in [9.17, 15) is 13.2 Å². The molecule has 1 amide bonds. The molecule has 0 bridgehead atoms. The molecular formula is C17H19ClN2O3S. The Labute approximate surface area is 147 Å². The highest BCUT2D eigenvalue weighted by Crippen LogP contribution is 2.26. The minimum absolute atomic E-state index is 0.213. The van der Waals surface area contributed by atoms with E-state index >= 15 is 0 Å². The minimum atomic E-state index is -3.42. The fourth-order valence-corrected chi connectivity index (χ4v) is 2.85. The number of nitrogens with one attached hydrogen (secondary N) is 1. The maximum atomic E-state index is 12.6. The van der Waals surface area contributed by atoms with Crippen molar-refractivity contribution in [1.29, 1.82) is 0 Å². The summed E-state index contributed by atoms with van der Waals surface area (Å²) in [4.78, 5) is 12.6. The number of hydrogen-bond acceptors (Lipinski definition) is 3. The van der Waals surface area contributed by atoms with Gasteiger partial charge in [-0.25, -0.2) is 8.42 Å². The summed E-state index contributed by atoms with van der Waals surface area (Å²) in [6, 6.07) is 10.1. The van der Waals surface area contributed by atoms with Gasteiger partial charge in [0.05, 0.1) is 22.5 Å². The summed E-state index contributed by atoms with van der Waals surface area (Å²) in [6.07, 6.45) is 1.09. The number of halogens is 1. The maximum absolute atomic E-state index is 12.6. The number of anilines is 2. The smallest absolute Gasteiger partial charge is 0.257 e. The number of benzene rings is 2. The number of carbonyl (C=O) groups is 1. The topological polar surface area (TPSA) is 66.5 Å². The number of rotatable bonds is 4. The van der Waals surface area contributed by atoms with E-state index in [2.05, 4.69) is 5.32 Å². The van der Waals surface area contributed by atoms with Gasteiger partial charge in [-0.2, -0.15) is 0 Å². The van der Waals surface area contributed by atoms with Crippen LogP contribution in [0, 0.1) is 13.8 Å². The van der Waals surface area contributed by atoms with Gasteiger partial charge in [0, 0.05) is 12.7 Å². The predicted molar refractivity (Wildman–Crippen MR) is 98.6 cm³/mol. The van der Waals surface area contributed by atoms with Gasteiger partial charge >= 0.3 is 0 Å². The van der Waals surface area contributed by atoms with Crippen LogP contribution in [0.4, 0.5) is 11.4 Å². The minimum Gasteiger partial charge on any atom is -0.322 e. The van der Waals surface area contributed by atoms with E-state index < -0.39 is 15.9 Å². The molecule has 0 unspecified atom stereocenters. The molecule has 0 aliphatic carbocycles. The summed E-state index contributed by atoms with van der Waals surface area (Å²) in [7, 11) is -2.00. The van der Waals surface area contributed by atoms with E-state index in [0.717, 1.165) is 21.7 Å². The molecular weight excluding hydrogens is 348 g/mol. The molecule has 0 spiro atoms. The molecule has 128 valence electrons. The molecule has 0 heterocycles. The third-order valence-corrected chi connectivity index (χ3v) is 5.44. The van der Waals surface area contributed by atoms with Crippen molar-refractivity contribution in [2.75, 3.05) is 22.9 Å². The predicted octanol–water partition coefficient (Wildman–Crippen LogP) is 3.60. The summed E-state index contributed by atoms with van der Waals surface area (Å²) in [5.41, 5.74) is 3.30. The van der Waals surface area contributed by atoms with Crippen molar-refractivity contribution >= 4 is 38.9 Å². The molecule has 5 nitrogen and oxygen atoms in total. The second kappa shape index (κ2) is 6.83. The first-order valence-corrected chi connectivity index (χ1v) is 9.45. The van der Waals surface area contributed by atoms with Crippen LogP contribution in [0.5, 0.6) is 0 Å². The van der Waals surface area contributed by atoms with Crippen molar-refractivity contribution in [3.8, 4) is 0 Å². The number of sulfonamides is 1. The summed E-state index contributed by atoms with van der Waals surface area (Å²) < 4.78 is 24.4. The van der Waals surface area contributed by atoms with E-state index in [1.165, 1.54) is 19.2 Å². The van der Waals surface area contributed by atoms with Crippen LogP contribution in [-0.2, 0) is 10.0 Å². The Morgan fingerprint density at radius 1 is 1.17 bits per heavy atom. The number of hydrogen-bond donors (Lipinski definition) is 1. The van der Waals surface area contributed by atoms with Crippen LogP contribution in [0.25, 0.3) is 0 Å². The molecule has 7 heteroatoms. The number of nitrogens with zero attached hydrogens (tertiary/aromatic N) is 1. The van der Waals surface area contributed by atoms with Gasteiger partial charge in [-0.15, -0.1) is 0 Å². The molecule has 0 aliphatic heterocycles. The summed E-state index contributed by atoms with van der Waals surface area (Å²) in [6.45, 7) is 3.88.